The van der Waals surface area contributed by atoms with Gasteiger partial charge in [-0.2, -0.15) is 0 Å². The molecule has 0 N–H and O–H groups in total. The van der Waals surface area contributed by atoms with Crippen molar-refractivity contribution in [3.63, 3.8) is 0 Å². The fraction of sp³-hybridized carbons (Fsp3) is 0.643. The van der Waals surface area contributed by atoms with Crippen LogP contribution in [0.25, 0.3) is 0 Å². The van der Waals surface area contributed by atoms with E-state index in [4.69, 9.17) is 0 Å². The van der Waals surface area contributed by atoms with Crippen molar-refractivity contribution in [2.45, 2.75) is 102 Å². The molecule has 0 bridgehead atoms. The number of hydrogen-bond acceptors (Lipinski definition) is 1. The fourth-order valence-corrected chi connectivity index (χ4v) is 6.46. The first-order valence-electron chi connectivity index (χ1n) is 12.5. The SMILES string of the molecule is CCC1(C2CCC(N(c3ccccc3)C3CCCCC3)CC2)/C=C\CC/C=C/C1. The van der Waals surface area contributed by atoms with Crippen LogP contribution < -0.4 is 4.90 Å². The van der Waals surface area contributed by atoms with E-state index in [2.05, 4.69) is 66.5 Å². The number of nitrogens with zero attached hydrogens (tertiary/aromatic N) is 1. The zero-order chi connectivity index (χ0) is 19.9. The number of anilines is 1. The zero-order valence-corrected chi connectivity index (χ0v) is 18.6. The second kappa shape index (κ2) is 10.0. The van der Waals surface area contributed by atoms with Crippen molar-refractivity contribution >= 4 is 5.69 Å². The molecular formula is C28H41N. The molecule has 3 aliphatic rings. The molecular weight excluding hydrogens is 350 g/mol. The molecule has 29 heavy (non-hydrogen) atoms. The van der Waals surface area contributed by atoms with Crippen molar-refractivity contribution in [1.29, 1.82) is 0 Å². The molecule has 0 amide bonds. The third-order valence-electron chi connectivity index (χ3n) is 8.20. The van der Waals surface area contributed by atoms with E-state index in [9.17, 15) is 0 Å². The van der Waals surface area contributed by atoms with Gasteiger partial charge < -0.3 is 4.90 Å². The number of hydrogen-bond donors (Lipinski definition) is 0. The van der Waals surface area contributed by atoms with Gasteiger partial charge in [0.2, 0.25) is 0 Å². The summed E-state index contributed by atoms with van der Waals surface area (Å²) in [5.41, 5.74) is 1.88. The summed E-state index contributed by atoms with van der Waals surface area (Å²) >= 11 is 0. The lowest BCUT2D eigenvalue weighted by molar-refractivity contribution is 0.151. The van der Waals surface area contributed by atoms with Crippen LogP contribution in [0.15, 0.2) is 54.6 Å². The molecule has 0 radical (unpaired) electrons. The van der Waals surface area contributed by atoms with E-state index >= 15 is 0 Å². The summed E-state index contributed by atoms with van der Waals surface area (Å²) < 4.78 is 0. The van der Waals surface area contributed by atoms with E-state index in [0.717, 1.165) is 18.0 Å². The van der Waals surface area contributed by atoms with E-state index in [1.165, 1.54) is 89.2 Å². The van der Waals surface area contributed by atoms with E-state index in [0.29, 0.717) is 5.41 Å². The van der Waals surface area contributed by atoms with Crippen molar-refractivity contribution in [3.8, 4) is 0 Å². The Morgan fingerprint density at radius 3 is 2.21 bits per heavy atom. The van der Waals surface area contributed by atoms with Crippen LogP contribution in [0.3, 0.4) is 0 Å². The second-order valence-corrected chi connectivity index (χ2v) is 9.78. The normalized spacial score (nSPS) is 33.4. The lowest BCUT2D eigenvalue weighted by Gasteiger charge is -2.48. The maximum absolute atomic E-state index is 2.86. The van der Waals surface area contributed by atoms with Crippen molar-refractivity contribution in [2.75, 3.05) is 4.90 Å². The Morgan fingerprint density at radius 1 is 0.793 bits per heavy atom. The highest BCUT2D eigenvalue weighted by atomic mass is 15.2. The van der Waals surface area contributed by atoms with E-state index in [-0.39, 0.29) is 0 Å². The van der Waals surface area contributed by atoms with Gasteiger partial charge in [0.05, 0.1) is 0 Å². The quantitative estimate of drug-likeness (QED) is 0.458. The summed E-state index contributed by atoms with van der Waals surface area (Å²) in [7, 11) is 0. The standard InChI is InChI=1S/C28H41N/c1-2-28(22-12-4-3-5-13-23-28)24-18-20-27(21-19-24)29(25-14-8-6-9-15-25)26-16-10-7-11-17-26/h4,6,8-9,12-15,23-24,26-27H,2-3,5,7,10-11,16-22H2,1H3/b12-4+,23-13-. The van der Waals surface area contributed by atoms with Crippen LogP contribution in [0.2, 0.25) is 0 Å². The first kappa shape index (κ1) is 20.8. The number of rotatable bonds is 5. The van der Waals surface area contributed by atoms with Gasteiger partial charge in [0.15, 0.2) is 0 Å². The van der Waals surface area contributed by atoms with Crippen molar-refractivity contribution in [1.82, 2.24) is 0 Å². The summed E-state index contributed by atoms with van der Waals surface area (Å²) in [4.78, 5) is 2.86. The Kier molecular flexibility index (Phi) is 7.16. The van der Waals surface area contributed by atoms with Gasteiger partial charge in [-0.3, -0.25) is 0 Å². The van der Waals surface area contributed by atoms with E-state index in [1.54, 1.807) is 0 Å². The highest BCUT2D eigenvalue weighted by Crippen LogP contribution is 2.47. The first-order valence-corrected chi connectivity index (χ1v) is 12.5. The molecule has 1 nitrogen and oxygen atoms in total. The van der Waals surface area contributed by atoms with Crippen LogP contribution in [0.5, 0.6) is 0 Å². The van der Waals surface area contributed by atoms with Gasteiger partial charge in [-0.1, -0.05) is 68.7 Å². The maximum atomic E-state index is 2.86. The minimum Gasteiger partial charge on any atom is -0.366 e. The van der Waals surface area contributed by atoms with Crippen LogP contribution in [0.4, 0.5) is 5.69 Å². The topological polar surface area (TPSA) is 3.24 Å². The van der Waals surface area contributed by atoms with Crippen LogP contribution in [0.1, 0.15) is 90.4 Å². The molecule has 158 valence electrons. The van der Waals surface area contributed by atoms with Gasteiger partial charge >= 0.3 is 0 Å². The van der Waals surface area contributed by atoms with Gasteiger partial charge in [-0.05, 0) is 87.7 Å². The lowest BCUT2D eigenvalue weighted by Crippen LogP contribution is -2.47. The zero-order valence-electron chi connectivity index (χ0n) is 18.6. The molecule has 2 fully saturated rings. The van der Waals surface area contributed by atoms with Gasteiger partial charge in [-0.25, -0.2) is 0 Å². The van der Waals surface area contributed by atoms with E-state index in [1.807, 2.05) is 0 Å². The summed E-state index contributed by atoms with van der Waals surface area (Å²) in [6.45, 7) is 2.42. The van der Waals surface area contributed by atoms with Gasteiger partial charge in [0.1, 0.15) is 0 Å². The van der Waals surface area contributed by atoms with Gasteiger partial charge in [0.25, 0.3) is 0 Å². The molecule has 0 spiro atoms. The molecule has 1 unspecified atom stereocenters. The number of benzene rings is 1. The highest BCUT2D eigenvalue weighted by Gasteiger charge is 2.39. The number of para-hydroxylation sites is 1. The molecule has 0 aliphatic heterocycles. The highest BCUT2D eigenvalue weighted by molar-refractivity contribution is 5.48. The molecule has 1 aromatic rings. The average Bonchev–Trinajstić information content (AvgIpc) is 2.77. The third kappa shape index (κ3) is 4.81. The smallest absolute Gasteiger partial charge is 0.0371 e. The Hall–Kier alpha value is -1.50. The summed E-state index contributed by atoms with van der Waals surface area (Å²) in [6, 6.07) is 12.8. The van der Waals surface area contributed by atoms with Crippen molar-refractivity contribution in [3.05, 3.63) is 54.6 Å². The predicted octanol–water partition coefficient (Wildman–Crippen LogP) is 8.08. The first-order chi connectivity index (χ1) is 14.3. The minimum atomic E-state index is 0.407. The monoisotopic (exact) mass is 391 g/mol. The molecule has 1 heteroatoms. The molecule has 0 aromatic heterocycles. The predicted molar refractivity (Wildman–Crippen MR) is 126 cm³/mol. The molecule has 0 heterocycles. The largest absolute Gasteiger partial charge is 0.366 e. The molecule has 1 atom stereocenters. The van der Waals surface area contributed by atoms with Crippen LogP contribution >= 0.6 is 0 Å². The molecule has 4 rings (SSSR count). The van der Waals surface area contributed by atoms with Crippen LogP contribution in [0, 0.1) is 11.3 Å². The third-order valence-corrected chi connectivity index (χ3v) is 8.20. The Morgan fingerprint density at radius 2 is 1.48 bits per heavy atom. The Balaban J connectivity index is 1.48. The van der Waals surface area contributed by atoms with Crippen LogP contribution in [-0.2, 0) is 0 Å². The molecule has 3 aliphatic carbocycles. The molecule has 2 saturated carbocycles. The summed E-state index contributed by atoms with van der Waals surface area (Å²) in [5.74, 6) is 0.853. The van der Waals surface area contributed by atoms with Crippen molar-refractivity contribution in [2.24, 2.45) is 11.3 Å². The lowest BCUT2D eigenvalue weighted by atomic mass is 9.64. The minimum absolute atomic E-state index is 0.407. The van der Waals surface area contributed by atoms with Crippen molar-refractivity contribution < 1.29 is 0 Å². The maximum Gasteiger partial charge on any atom is 0.0371 e. The number of allylic oxidation sites excluding steroid dienone is 4. The Labute approximate surface area is 179 Å². The van der Waals surface area contributed by atoms with E-state index < -0.39 is 0 Å². The fourth-order valence-electron chi connectivity index (χ4n) is 6.46. The van der Waals surface area contributed by atoms with Gasteiger partial charge in [-0.15, -0.1) is 0 Å². The van der Waals surface area contributed by atoms with Gasteiger partial charge in [0, 0.05) is 17.8 Å². The summed E-state index contributed by atoms with van der Waals surface area (Å²) in [5, 5.41) is 0. The Bertz CT molecular complexity index is 661. The van der Waals surface area contributed by atoms with Crippen LogP contribution in [-0.4, -0.2) is 12.1 Å². The molecule has 0 saturated heterocycles. The second-order valence-electron chi connectivity index (χ2n) is 9.78. The summed E-state index contributed by atoms with van der Waals surface area (Å²) in [6.07, 6.45) is 27.6. The molecule has 1 aromatic carbocycles. The average molecular weight is 392 g/mol.